The third-order valence-corrected chi connectivity index (χ3v) is 21.4. The van der Waals surface area contributed by atoms with Crippen molar-refractivity contribution in [1.82, 2.24) is 37.2 Å². The monoisotopic (exact) mass is 1570 g/mol. The number of allylic oxidation sites excluding steroid dienone is 5. The van der Waals surface area contributed by atoms with Gasteiger partial charge in [0.15, 0.2) is 0 Å². The fourth-order valence-corrected chi connectivity index (χ4v) is 15.1. The molecule has 3 aliphatic rings. The fourth-order valence-electron chi connectivity index (χ4n) is 11.8. The number of hydrogen-bond acceptors (Lipinski definition) is 19. The minimum absolute atomic E-state index is 0.0472. The number of hydrogen-bond donors (Lipinski definition) is 12. The van der Waals surface area contributed by atoms with Crippen LogP contribution in [0.5, 0.6) is 0 Å². The number of nitrogens with one attached hydrogen (secondary N) is 7. The maximum Gasteiger partial charge on any atom is 0.294 e. The first-order valence-corrected chi connectivity index (χ1v) is 40.7. The maximum absolute atomic E-state index is 13.7. The highest BCUT2D eigenvalue weighted by atomic mass is 127. The van der Waals surface area contributed by atoms with Gasteiger partial charge in [0.05, 0.1) is 20.3 Å². The Labute approximate surface area is 580 Å². The molecule has 0 radical (unpaired) electrons. The number of rotatable bonds is 18. The summed E-state index contributed by atoms with van der Waals surface area (Å²) >= 11 is 1.93. The second-order valence-electron chi connectivity index (χ2n) is 24.7. The van der Waals surface area contributed by atoms with Crippen LogP contribution in [0.4, 0.5) is 11.4 Å². The standard InChI is InChI=1S/C60H88IN9O22S5/c1-59(2)43-35-41(96(87,88)89)24-26-48(43)69-33-17-6-12-21-52(71)62-29-15-8-16-30-65-56(75)45(38-93(78,79)80)67-58(77)47(40-95(84,85)86)68-57(76)46(39-94(81,82)83)66-54(73)23-11-5-14-28-60(3)44-36-42(97(90,91)92)25-27-49(44)70(51(60)20-10-4-9-19-50(59)69)34-18-7-13-22-53(72)63-31-32-64-55(74)37-61/h4,9-10,19-20,24-27,35-36,45-47,50H,5-8,11-18,21-23,28-34,37-40H2,1-3H3,(H,62,71)(H,63,72)(H,64,74)(H,65,75)(H,66,73)(H,67,77)(H,68,76)(H,78,79,80)(H,81,82,83)(H,84,85,86)(H,87,88,89)(H,90,91,92). The van der Waals surface area contributed by atoms with E-state index in [0.29, 0.717) is 93.4 Å². The smallest absolute Gasteiger partial charge is 0.294 e. The van der Waals surface area contributed by atoms with Crippen molar-refractivity contribution in [2.45, 2.75) is 168 Å². The van der Waals surface area contributed by atoms with Crippen molar-refractivity contribution >= 4 is 126 Å². The number of carbonyl (C=O) groups excluding carboxylic acids is 7. The predicted molar refractivity (Wildman–Crippen MR) is 368 cm³/mol. The normalized spacial score (nSPS) is 22.4. The van der Waals surface area contributed by atoms with Crippen molar-refractivity contribution < 1.29 is 98.4 Å². The Morgan fingerprint density at radius 2 is 1.08 bits per heavy atom. The average Bonchev–Trinajstić information content (AvgIpc) is 1.59. The first-order chi connectivity index (χ1) is 45.2. The molecule has 3 aliphatic heterocycles. The highest BCUT2D eigenvalue weighted by Gasteiger charge is 2.45. The molecule has 0 aromatic heterocycles. The number of nitrogens with zero attached hydrogens (tertiary/aromatic N) is 2. The Bertz CT molecular complexity index is 3870. The summed E-state index contributed by atoms with van der Waals surface area (Å²) < 4.78 is 173. The second-order valence-corrected chi connectivity index (χ2v) is 32.8. The molecule has 0 spiro atoms. The lowest BCUT2D eigenvalue weighted by molar-refractivity contribution is -0.132. The van der Waals surface area contributed by atoms with E-state index in [9.17, 15) is 98.4 Å². The van der Waals surface area contributed by atoms with Crippen LogP contribution >= 0.6 is 22.6 Å². The molecule has 31 nitrogen and oxygen atoms in total. The number of carbonyl (C=O) groups is 7. The number of unbranched alkanes of at least 4 members (excludes halogenated alkanes) is 2. The van der Waals surface area contributed by atoms with E-state index in [4.69, 9.17) is 0 Å². The van der Waals surface area contributed by atoms with Gasteiger partial charge in [0.1, 0.15) is 35.4 Å². The average molecular weight is 1570 g/mol. The molecule has 0 bridgehead atoms. The van der Waals surface area contributed by atoms with Gasteiger partial charge in [-0.1, -0.05) is 86.4 Å². The predicted octanol–water partition coefficient (Wildman–Crippen LogP) is 2.69. The van der Waals surface area contributed by atoms with E-state index in [-0.39, 0.29) is 97.8 Å². The van der Waals surface area contributed by atoms with Crippen LogP contribution in [0, 0.1) is 0 Å². The zero-order chi connectivity index (χ0) is 72.2. The highest BCUT2D eigenvalue weighted by molar-refractivity contribution is 14.1. The molecule has 0 saturated heterocycles. The molecule has 12 N–H and O–H groups in total. The summed E-state index contributed by atoms with van der Waals surface area (Å²) in [5.41, 5.74) is 1.44. The number of halogens is 1. The lowest BCUT2D eigenvalue weighted by Gasteiger charge is -2.32. The molecule has 5 rings (SSSR count). The first kappa shape index (κ1) is 81.5. The highest BCUT2D eigenvalue weighted by Crippen LogP contribution is 2.52. The van der Waals surface area contributed by atoms with Gasteiger partial charge in [-0.2, -0.15) is 42.1 Å². The van der Waals surface area contributed by atoms with Crippen LogP contribution in [-0.2, 0) is 95.0 Å². The Balaban J connectivity index is 1.51. The second kappa shape index (κ2) is 36.3. The van der Waals surface area contributed by atoms with Gasteiger partial charge in [-0.25, -0.2) is 0 Å². The topological polar surface area (TPSA) is 482 Å². The maximum atomic E-state index is 13.7. The van der Waals surface area contributed by atoms with Gasteiger partial charge in [-0.3, -0.25) is 56.3 Å². The van der Waals surface area contributed by atoms with Crippen molar-refractivity contribution in [3.8, 4) is 0 Å². The first-order valence-electron chi connectivity index (χ1n) is 31.5. The Morgan fingerprint density at radius 1 is 0.567 bits per heavy atom. The minimum Gasteiger partial charge on any atom is -0.364 e. The molecule has 0 fully saturated rings. The molecule has 7 amide bonds. The van der Waals surface area contributed by atoms with Gasteiger partial charge < -0.3 is 47.0 Å². The van der Waals surface area contributed by atoms with E-state index >= 15 is 0 Å². The molecule has 0 aliphatic carbocycles. The number of fused-ring (bicyclic) bond motifs is 6. The molecule has 97 heavy (non-hydrogen) atoms. The summed E-state index contributed by atoms with van der Waals surface area (Å²) in [6.07, 6.45) is 14.5. The van der Waals surface area contributed by atoms with Crippen LogP contribution in [0.2, 0.25) is 0 Å². The molecule has 5 unspecified atom stereocenters. The number of amides is 7. The number of alkyl halides is 1. The minimum atomic E-state index is -5.24. The van der Waals surface area contributed by atoms with Gasteiger partial charge in [0.2, 0.25) is 41.4 Å². The van der Waals surface area contributed by atoms with Crippen molar-refractivity contribution in [3.63, 3.8) is 0 Å². The van der Waals surface area contributed by atoms with Gasteiger partial charge in [0, 0.05) is 86.4 Å². The Hall–Kier alpha value is -6.17. The van der Waals surface area contributed by atoms with Crippen molar-refractivity contribution in [2.24, 2.45) is 0 Å². The van der Waals surface area contributed by atoms with Crippen LogP contribution in [0.3, 0.4) is 0 Å². The molecule has 37 heteroatoms. The van der Waals surface area contributed by atoms with E-state index in [2.05, 4.69) is 31.5 Å². The molecule has 3 heterocycles. The van der Waals surface area contributed by atoms with Crippen LogP contribution in [0.15, 0.2) is 82.3 Å². The lowest BCUT2D eigenvalue weighted by Crippen LogP contribution is -2.60. The third-order valence-electron chi connectivity index (χ3n) is 16.7. The summed E-state index contributed by atoms with van der Waals surface area (Å²) in [4.78, 5) is 94.8. The Morgan fingerprint density at radius 3 is 1.66 bits per heavy atom. The molecular formula is C60H88IN9O22S5. The Kier molecular flexibility index (Phi) is 30.5. The van der Waals surface area contributed by atoms with E-state index in [1.165, 1.54) is 24.3 Å². The van der Waals surface area contributed by atoms with Gasteiger partial charge in [-0.05, 0) is 118 Å². The molecule has 2 aromatic rings. The van der Waals surface area contributed by atoms with Crippen LogP contribution < -0.4 is 47.0 Å². The van der Waals surface area contributed by atoms with Crippen LogP contribution in [-0.4, -0.2) is 191 Å². The van der Waals surface area contributed by atoms with Crippen molar-refractivity contribution in [2.75, 3.05) is 70.8 Å². The zero-order valence-electron chi connectivity index (χ0n) is 54.0. The van der Waals surface area contributed by atoms with E-state index in [0.717, 1.165) is 5.69 Å². The quantitative estimate of drug-likeness (QED) is 0.0442. The van der Waals surface area contributed by atoms with E-state index in [1.54, 1.807) is 24.3 Å². The SMILES string of the molecule is CC12CCCCCC(=O)NC(CS(=O)(=O)O)C(=O)NC(CS(=O)(=O)O)C(=O)NC(CS(=O)(=O)O)C(=O)NCCCCCNC(=O)CCCCCN3c4ccc(S(=O)(=O)O)cc4C(C)(C)C3C=CC=CC=C1N(CCCCCC(=O)NCCNC(=O)CI)c1ccc(S(=O)(=O)O)cc12. The van der Waals surface area contributed by atoms with Gasteiger partial charge >= 0.3 is 0 Å². The molecule has 0 saturated carbocycles. The van der Waals surface area contributed by atoms with Crippen LogP contribution in [0.25, 0.3) is 0 Å². The summed E-state index contributed by atoms with van der Waals surface area (Å²) in [5.74, 6) is -10.7. The molecule has 2 aromatic carbocycles. The fraction of sp³-hybridized carbons (Fsp3) is 0.583. The molecule has 542 valence electrons. The lowest BCUT2D eigenvalue weighted by atomic mass is 9.77. The van der Waals surface area contributed by atoms with Crippen molar-refractivity contribution in [1.29, 1.82) is 0 Å². The van der Waals surface area contributed by atoms with E-state index in [1.807, 2.05) is 77.1 Å². The summed E-state index contributed by atoms with van der Waals surface area (Å²) in [6, 6.07) is 1.45. The van der Waals surface area contributed by atoms with Crippen LogP contribution in [0.1, 0.15) is 135 Å². The van der Waals surface area contributed by atoms with Gasteiger partial charge in [-0.15, -0.1) is 0 Å². The van der Waals surface area contributed by atoms with Gasteiger partial charge in [0.25, 0.3) is 50.6 Å². The zero-order valence-corrected chi connectivity index (χ0v) is 60.3. The molecular weight excluding hydrogens is 1490 g/mol. The summed E-state index contributed by atoms with van der Waals surface area (Å²) in [6.45, 7) is 7.23. The number of benzene rings is 2. The third kappa shape index (κ3) is 26.1. The molecule has 5 atom stereocenters. The van der Waals surface area contributed by atoms with E-state index < -0.39 is 132 Å². The summed E-state index contributed by atoms with van der Waals surface area (Å²) in [5, 5.41) is 16.5. The number of anilines is 2. The largest absolute Gasteiger partial charge is 0.364 e. The van der Waals surface area contributed by atoms with Crippen molar-refractivity contribution in [3.05, 3.63) is 83.6 Å². The summed E-state index contributed by atoms with van der Waals surface area (Å²) in [7, 11) is -24.8.